The van der Waals surface area contributed by atoms with Gasteiger partial charge in [0.15, 0.2) is 0 Å². The van der Waals surface area contributed by atoms with Crippen LogP contribution < -0.4 is 5.73 Å². The van der Waals surface area contributed by atoms with Crippen LogP contribution in [0.25, 0.3) is 0 Å². The van der Waals surface area contributed by atoms with Crippen molar-refractivity contribution in [2.75, 3.05) is 26.2 Å². The molecule has 2 N–H and O–H groups in total. The van der Waals surface area contributed by atoms with Gasteiger partial charge in [-0.15, -0.1) is 0 Å². The summed E-state index contributed by atoms with van der Waals surface area (Å²) in [4.78, 5) is 2.48. The molecule has 2 rings (SSSR count). The molecule has 1 atom stereocenters. The van der Waals surface area contributed by atoms with E-state index in [1.807, 2.05) is 23.1 Å². The van der Waals surface area contributed by atoms with Crippen LogP contribution >= 0.6 is 0 Å². The van der Waals surface area contributed by atoms with Gasteiger partial charge in [0, 0.05) is 25.5 Å². The van der Waals surface area contributed by atoms with Crippen LogP contribution in [-0.2, 0) is 6.54 Å². The van der Waals surface area contributed by atoms with Crippen molar-refractivity contribution in [3.05, 3.63) is 18.5 Å². The number of hydrogen-bond acceptors (Lipinski definition) is 3. The number of likely N-dealkylation sites (tertiary alicyclic amines) is 1. The zero-order valence-corrected chi connectivity index (χ0v) is 9.39. The van der Waals surface area contributed by atoms with E-state index in [0.29, 0.717) is 5.41 Å². The quantitative estimate of drug-likeness (QED) is 0.786. The van der Waals surface area contributed by atoms with E-state index in [1.54, 1.807) is 0 Å². The second-order valence-corrected chi connectivity index (χ2v) is 4.81. The molecule has 0 spiro atoms. The fourth-order valence-corrected chi connectivity index (χ4v) is 2.16. The molecule has 1 saturated heterocycles. The summed E-state index contributed by atoms with van der Waals surface area (Å²) in [6.07, 6.45) is 5.06. The van der Waals surface area contributed by atoms with Crippen molar-refractivity contribution < 1.29 is 0 Å². The molecule has 1 aromatic rings. The van der Waals surface area contributed by atoms with Gasteiger partial charge in [-0.2, -0.15) is 5.10 Å². The first-order chi connectivity index (χ1) is 7.22. The van der Waals surface area contributed by atoms with Gasteiger partial charge in [-0.3, -0.25) is 4.68 Å². The van der Waals surface area contributed by atoms with Gasteiger partial charge in [0.25, 0.3) is 0 Å². The molecule has 0 amide bonds. The number of nitrogens with zero attached hydrogens (tertiary/aromatic N) is 3. The highest BCUT2D eigenvalue weighted by Gasteiger charge is 2.31. The zero-order valence-electron chi connectivity index (χ0n) is 9.39. The normalized spacial score (nSPS) is 27.3. The third-order valence-electron chi connectivity index (χ3n) is 3.33. The molecule has 1 aromatic heterocycles. The molecule has 0 bridgehead atoms. The van der Waals surface area contributed by atoms with Gasteiger partial charge >= 0.3 is 0 Å². The second-order valence-electron chi connectivity index (χ2n) is 4.81. The largest absolute Gasteiger partial charge is 0.330 e. The summed E-state index contributed by atoms with van der Waals surface area (Å²) in [5.74, 6) is 0. The van der Waals surface area contributed by atoms with Crippen LogP contribution in [0, 0.1) is 5.41 Å². The monoisotopic (exact) mass is 208 g/mol. The predicted molar refractivity (Wildman–Crippen MR) is 60.4 cm³/mol. The molecule has 4 heteroatoms. The van der Waals surface area contributed by atoms with E-state index in [0.717, 1.165) is 26.2 Å². The van der Waals surface area contributed by atoms with E-state index in [4.69, 9.17) is 5.73 Å². The van der Waals surface area contributed by atoms with E-state index >= 15 is 0 Å². The highest BCUT2D eigenvalue weighted by atomic mass is 15.3. The van der Waals surface area contributed by atoms with E-state index < -0.39 is 0 Å². The van der Waals surface area contributed by atoms with Gasteiger partial charge in [-0.05, 0) is 31.0 Å². The maximum absolute atomic E-state index is 5.78. The van der Waals surface area contributed by atoms with E-state index in [2.05, 4.69) is 16.9 Å². The van der Waals surface area contributed by atoms with Crippen molar-refractivity contribution in [3.63, 3.8) is 0 Å². The van der Waals surface area contributed by atoms with Crippen molar-refractivity contribution in [1.82, 2.24) is 14.7 Å². The average Bonchev–Trinajstić information content (AvgIpc) is 2.85. The van der Waals surface area contributed by atoms with Gasteiger partial charge in [-0.1, -0.05) is 6.92 Å². The Hall–Kier alpha value is -0.870. The molecule has 2 heterocycles. The molecule has 0 aromatic carbocycles. The van der Waals surface area contributed by atoms with Crippen LogP contribution in [0.5, 0.6) is 0 Å². The highest BCUT2D eigenvalue weighted by molar-refractivity contribution is 4.87. The Kier molecular flexibility index (Phi) is 3.07. The fraction of sp³-hybridized carbons (Fsp3) is 0.727. The minimum Gasteiger partial charge on any atom is -0.330 e. The van der Waals surface area contributed by atoms with E-state index in [9.17, 15) is 0 Å². The Balaban J connectivity index is 1.78. The first-order valence-corrected chi connectivity index (χ1v) is 5.62. The van der Waals surface area contributed by atoms with Crippen molar-refractivity contribution in [2.24, 2.45) is 11.1 Å². The Bertz CT molecular complexity index is 296. The van der Waals surface area contributed by atoms with E-state index in [1.165, 1.54) is 13.0 Å². The van der Waals surface area contributed by atoms with Crippen LogP contribution in [0.2, 0.25) is 0 Å². The van der Waals surface area contributed by atoms with Gasteiger partial charge in [-0.25, -0.2) is 0 Å². The summed E-state index contributed by atoms with van der Waals surface area (Å²) in [5.41, 5.74) is 6.11. The van der Waals surface area contributed by atoms with Crippen LogP contribution in [-0.4, -0.2) is 40.9 Å². The fourth-order valence-electron chi connectivity index (χ4n) is 2.16. The molecule has 15 heavy (non-hydrogen) atoms. The Labute approximate surface area is 91.1 Å². The maximum Gasteiger partial charge on any atom is 0.0536 e. The summed E-state index contributed by atoms with van der Waals surface area (Å²) in [7, 11) is 0. The number of aromatic nitrogens is 2. The Morgan fingerprint density at radius 3 is 2.93 bits per heavy atom. The minimum atomic E-state index is 0.337. The standard InChI is InChI=1S/C11H20N4/c1-11(9-12)3-6-14(10-11)7-8-15-5-2-4-13-15/h2,4-5H,3,6-10,12H2,1H3. The third-order valence-corrected chi connectivity index (χ3v) is 3.33. The lowest BCUT2D eigenvalue weighted by atomic mass is 9.90. The molecule has 1 fully saturated rings. The van der Waals surface area contributed by atoms with Crippen molar-refractivity contribution in [2.45, 2.75) is 19.9 Å². The van der Waals surface area contributed by atoms with E-state index in [-0.39, 0.29) is 0 Å². The first-order valence-electron chi connectivity index (χ1n) is 5.62. The van der Waals surface area contributed by atoms with Crippen LogP contribution in [0.15, 0.2) is 18.5 Å². The number of nitrogens with two attached hydrogens (primary N) is 1. The maximum atomic E-state index is 5.78. The SMILES string of the molecule is CC1(CN)CCN(CCn2cccn2)C1. The molecular formula is C11H20N4. The number of rotatable bonds is 4. The summed E-state index contributed by atoms with van der Waals surface area (Å²) in [6.45, 7) is 7.44. The highest BCUT2D eigenvalue weighted by Crippen LogP contribution is 2.27. The third kappa shape index (κ3) is 2.58. The summed E-state index contributed by atoms with van der Waals surface area (Å²) in [5, 5.41) is 4.20. The van der Waals surface area contributed by atoms with Gasteiger partial charge in [0.2, 0.25) is 0 Å². The second kappa shape index (κ2) is 4.33. The summed E-state index contributed by atoms with van der Waals surface area (Å²) >= 11 is 0. The Morgan fingerprint density at radius 2 is 2.33 bits per heavy atom. The van der Waals surface area contributed by atoms with Crippen molar-refractivity contribution >= 4 is 0 Å². The van der Waals surface area contributed by atoms with Crippen molar-refractivity contribution in [3.8, 4) is 0 Å². The average molecular weight is 208 g/mol. The van der Waals surface area contributed by atoms with Crippen LogP contribution in [0.4, 0.5) is 0 Å². The molecule has 1 unspecified atom stereocenters. The van der Waals surface area contributed by atoms with Crippen molar-refractivity contribution in [1.29, 1.82) is 0 Å². The smallest absolute Gasteiger partial charge is 0.0536 e. The predicted octanol–water partition coefficient (Wildman–Crippen LogP) is 0.554. The minimum absolute atomic E-state index is 0.337. The molecule has 4 nitrogen and oxygen atoms in total. The van der Waals surface area contributed by atoms with Gasteiger partial charge in [0.1, 0.15) is 0 Å². The lowest BCUT2D eigenvalue weighted by Gasteiger charge is -2.22. The molecule has 0 radical (unpaired) electrons. The molecule has 0 aliphatic carbocycles. The first kappa shape index (κ1) is 10.6. The molecular weight excluding hydrogens is 188 g/mol. The van der Waals surface area contributed by atoms with Crippen LogP contribution in [0.1, 0.15) is 13.3 Å². The molecule has 0 saturated carbocycles. The lowest BCUT2D eigenvalue weighted by molar-refractivity contribution is 0.268. The molecule has 1 aliphatic heterocycles. The van der Waals surface area contributed by atoms with Gasteiger partial charge < -0.3 is 10.6 Å². The Morgan fingerprint density at radius 1 is 1.47 bits per heavy atom. The summed E-state index contributed by atoms with van der Waals surface area (Å²) < 4.78 is 1.98. The molecule has 84 valence electrons. The summed E-state index contributed by atoms with van der Waals surface area (Å²) in [6, 6.07) is 1.97. The van der Waals surface area contributed by atoms with Crippen LogP contribution in [0.3, 0.4) is 0 Å². The zero-order chi connectivity index (χ0) is 10.7. The lowest BCUT2D eigenvalue weighted by Crippen LogP contribution is -2.32. The van der Waals surface area contributed by atoms with Gasteiger partial charge in [0.05, 0.1) is 6.54 Å². The molecule has 1 aliphatic rings. The number of hydrogen-bond donors (Lipinski definition) is 1. The topological polar surface area (TPSA) is 47.1 Å².